The highest BCUT2D eigenvalue weighted by molar-refractivity contribution is 5.10. The van der Waals surface area contributed by atoms with Crippen molar-refractivity contribution in [1.29, 1.82) is 0 Å². The molecule has 0 unspecified atom stereocenters. The van der Waals surface area contributed by atoms with Gasteiger partial charge in [0.2, 0.25) is 0 Å². The maximum atomic E-state index is 10.0. The Balaban J connectivity index is 1.61. The molecule has 0 amide bonds. The van der Waals surface area contributed by atoms with Crippen LogP contribution in [0.4, 0.5) is 0 Å². The molecule has 0 aromatic carbocycles. The second-order valence-corrected chi connectivity index (χ2v) is 11.0. The minimum atomic E-state index is -0.303. The first-order valence-corrected chi connectivity index (χ1v) is 11.1. The van der Waals surface area contributed by atoms with Gasteiger partial charge in [-0.3, -0.25) is 0 Å². The normalized spacial score (nSPS) is 50.0. The second kappa shape index (κ2) is 6.23. The molecule has 0 spiro atoms. The molecule has 0 saturated heterocycles. The fourth-order valence-electron chi connectivity index (χ4n) is 8.71. The van der Waals surface area contributed by atoms with E-state index in [0.29, 0.717) is 16.7 Å². The highest BCUT2D eigenvalue weighted by atomic mass is 16.3. The topological polar surface area (TPSA) is 40.5 Å². The Morgan fingerprint density at radius 2 is 1.52 bits per heavy atom. The van der Waals surface area contributed by atoms with Gasteiger partial charge < -0.3 is 10.2 Å². The van der Waals surface area contributed by atoms with Crippen LogP contribution in [0.3, 0.4) is 0 Å². The lowest BCUT2D eigenvalue weighted by Gasteiger charge is -2.61. The monoisotopic (exact) mass is 348 g/mol. The van der Waals surface area contributed by atoms with Gasteiger partial charge in [-0.05, 0) is 91.8 Å². The second-order valence-electron chi connectivity index (χ2n) is 11.0. The molecule has 144 valence electrons. The van der Waals surface area contributed by atoms with Crippen LogP contribution in [0.5, 0.6) is 0 Å². The van der Waals surface area contributed by atoms with Gasteiger partial charge >= 0.3 is 0 Å². The van der Waals surface area contributed by atoms with E-state index in [9.17, 15) is 10.2 Å². The van der Waals surface area contributed by atoms with Crippen molar-refractivity contribution in [2.75, 3.05) is 13.2 Å². The van der Waals surface area contributed by atoms with E-state index >= 15 is 0 Å². The summed E-state index contributed by atoms with van der Waals surface area (Å²) in [6, 6.07) is 0. The largest absolute Gasteiger partial charge is 0.396 e. The van der Waals surface area contributed by atoms with Crippen molar-refractivity contribution < 1.29 is 10.2 Å². The van der Waals surface area contributed by atoms with Gasteiger partial charge in [-0.1, -0.05) is 33.6 Å². The van der Waals surface area contributed by atoms with Crippen molar-refractivity contribution in [3.63, 3.8) is 0 Å². The summed E-state index contributed by atoms with van der Waals surface area (Å²) < 4.78 is 0. The molecule has 4 saturated carbocycles. The minimum Gasteiger partial charge on any atom is -0.396 e. The zero-order valence-electron chi connectivity index (χ0n) is 16.8. The van der Waals surface area contributed by atoms with Crippen LogP contribution in [0.2, 0.25) is 0 Å². The molecule has 7 atom stereocenters. The molecule has 2 heteroatoms. The minimum absolute atomic E-state index is 0.129. The van der Waals surface area contributed by atoms with Crippen molar-refractivity contribution in [3.8, 4) is 0 Å². The average Bonchev–Trinajstić information content (AvgIpc) is 2.98. The predicted molar refractivity (Wildman–Crippen MR) is 102 cm³/mol. The SMILES string of the molecule is CC(CO)(CO)[C@H]1CC[C@H]2[C@@H]3CC[C@H]4CCCC[C@]4(C)[C@H]3CC[C@]12C. The van der Waals surface area contributed by atoms with Crippen molar-refractivity contribution in [2.24, 2.45) is 45.8 Å². The summed E-state index contributed by atoms with van der Waals surface area (Å²) in [4.78, 5) is 0. The van der Waals surface area contributed by atoms with E-state index in [0.717, 1.165) is 23.7 Å². The predicted octanol–water partition coefficient (Wildman–Crippen LogP) is 5.03. The summed E-state index contributed by atoms with van der Waals surface area (Å²) in [5, 5.41) is 20.0. The summed E-state index contributed by atoms with van der Waals surface area (Å²) in [6.07, 6.45) is 14.0. The average molecular weight is 349 g/mol. The van der Waals surface area contributed by atoms with Crippen LogP contribution in [0, 0.1) is 45.8 Å². The summed E-state index contributed by atoms with van der Waals surface area (Å²) >= 11 is 0. The van der Waals surface area contributed by atoms with E-state index in [1.54, 1.807) is 0 Å². The Morgan fingerprint density at radius 1 is 0.800 bits per heavy atom. The van der Waals surface area contributed by atoms with Gasteiger partial charge in [0, 0.05) is 5.41 Å². The van der Waals surface area contributed by atoms with Gasteiger partial charge in [-0.25, -0.2) is 0 Å². The van der Waals surface area contributed by atoms with Gasteiger partial charge in [-0.15, -0.1) is 0 Å². The summed E-state index contributed by atoms with van der Waals surface area (Å²) in [5.74, 6) is 4.15. The summed E-state index contributed by atoms with van der Waals surface area (Å²) in [6.45, 7) is 7.55. The smallest absolute Gasteiger partial charge is 0.0509 e. The number of hydrogen-bond acceptors (Lipinski definition) is 2. The molecule has 25 heavy (non-hydrogen) atoms. The molecule has 4 aliphatic carbocycles. The van der Waals surface area contributed by atoms with Crippen LogP contribution >= 0.6 is 0 Å². The van der Waals surface area contributed by atoms with Crippen molar-refractivity contribution in [1.82, 2.24) is 0 Å². The van der Waals surface area contributed by atoms with Crippen LogP contribution in [-0.2, 0) is 0 Å². The number of rotatable bonds is 3. The molecule has 4 aliphatic rings. The van der Waals surface area contributed by atoms with Gasteiger partial charge in [0.15, 0.2) is 0 Å². The molecule has 4 rings (SSSR count). The molecule has 0 heterocycles. The third-order valence-corrected chi connectivity index (χ3v) is 10.1. The van der Waals surface area contributed by atoms with Gasteiger partial charge in [-0.2, -0.15) is 0 Å². The number of aliphatic hydroxyl groups is 2. The van der Waals surface area contributed by atoms with Crippen molar-refractivity contribution >= 4 is 0 Å². The molecule has 2 N–H and O–H groups in total. The molecule has 2 nitrogen and oxygen atoms in total. The molecule has 0 aromatic rings. The van der Waals surface area contributed by atoms with E-state index in [1.807, 2.05) is 0 Å². The molecular weight excluding hydrogens is 308 g/mol. The Morgan fingerprint density at radius 3 is 2.24 bits per heavy atom. The highest BCUT2D eigenvalue weighted by Gasteiger charge is 2.61. The first-order chi connectivity index (χ1) is 11.9. The van der Waals surface area contributed by atoms with Crippen molar-refractivity contribution in [2.45, 2.75) is 85.0 Å². The van der Waals surface area contributed by atoms with Gasteiger partial charge in [0.25, 0.3) is 0 Å². The summed E-state index contributed by atoms with van der Waals surface area (Å²) in [7, 11) is 0. The lowest BCUT2D eigenvalue weighted by Crippen LogP contribution is -2.54. The zero-order chi connectivity index (χ0) is 17.9. The number of aliphatic hydroxyl groups excluding tert-OH is 2. The Hall–Kier alpha value is -0.0800. The molecule has 0 aromatic heterocycles. The van der Waals surface area contributed by atoms with Gasteiger partial charge in [0.1, 0.15) is 0 Å². The molecule has 0 aliphatic heterocycles. The molecular formula is C23H40O2. The molecule has 0 bridgehead atoms. The maximum absolute atomic E-state index is 10.0. The quantitative estimate of drug-likeness (QED) is 0.751. The van der Waals surface area contributed by atoms with Crippen LogP contribution in [0.1, 0.15) is 85.0 Å². The van der Waals surface area contributed by atoms with E-state index in [2.05, 4.69) is 20.8 Å². The molecule has 4 fully saturated rings. The molecule has 0 radical (unpaired) electrons. The fraction of sp³-hybridized carbons (Fsp3) is 1.00. The first-order valence-electron chi connectivity index (χ1n) is 11.1. The van der Waals surface area contributed by atoms with Crippen molar-refractivity contribution in [3.05, 3.63) is 0 Å². The Labute approximate surface area is 154 Å². The summed E-state index contributed by atoms with van der Waals surface area (Å²) in [5.41, 5.74) is 0.638. The van der Waals surface area contributed by atoms with Crippen LogP contribution in [0.15, 0.2) is 0 Å². The zero-order valence-corrected chi connectivity index (χ0v) is 16.8. The van der Waals surface area contributed by atoms with Crippen LogP contribution in [0.25, 0.3) is 0 Å². The third-order valence-electron chi connectivity index (χ3n) is 10.1. The van der Waals surface area contributed by atoms with E-state index in [-0.39, 0.29) is 18.6 Å². The number of hydrogen-bond donors (Lipinski definition) is 2. The highest BCUT2D eigenvalue weighted by Crippen LogP contribution is 2.69. The third kappa shape index (κ3) is 2.49. The lowest BCUT2D eigenvalue weighted by atomic mass is 9.44. The van der Waals surface area contributed by atoms with Gasteiger partial charge in [0.05, 0.1) is 13.2 Å². The number of fused-ring (bicyclic) bond motifs is 5. The first kappa shape index (κ1) is 18.3. The van der Waals surface area contributed by atoms with Crippen LogP contribution < -0.4 is 0 Å². The Kier molecular flexibility index (Phi) is 4.56. The van der Waals surface area contributed by atoms with E-state index in [1.165, 1.54) is 64.2 Å². The Bertz CT molecular complexity index is 498. The maximum Gasteiger partial charge on any atom is 0.0509 e. The lowest BCUT2D eigenvalue weighted by molar-refractivity contribution is -0.128. The fourth-order valence-corrected chi connectivity index (χ4v) is 8.71. The standard InChI is InChI=1S/C23H40O2/c1-21(14-24,15-25)20-10-9-18-17-8-7-16-6-4-5-12-22(16,2)19(17)11-13-23(18,20)3/h16-20,24-25H,4-15H2,1-3H3/t16-,17+,18+,19+,20-,22+,23+/m1/s1. The van der Waals surface area contributed by atoms with E-state index < -0.39 is 0 Å². The van der Waals surface area contributed by atoms with Crippen LogP contribution in [-0.4, -0.2) is 23.4 Å². The van der Waals surface area contributed by atoms with E-state index in [4.69, 9.17) is 0 Å².